The van der Waals surface area contributed by atoms with Crippen molar-refractivity contribution in [2.75, 3.05) is 11.0 Å². The van der Waals surface area contributed by atoms with Crippen LogP contribution in [0.5, 0.6) is 0 Å². The van der Waals surface area contributed by atoms with E-state index in [-0.39, 0.29) is 15.5 Å². The quantitative estimate of drug-likeness (QED) is 0.707. The average Bonchev–Trinajstić information content (AvgIpc) is 3.00. The zero-order chi connectivity index (χ0) is 18.9. The molecule has 0 atom stereocenters. The van der Waals surface area contributed by atoms with Crippen LogP contribution >= 0.6 is 0 Å². The predicted molar refractivity (Wildman–Crippen MR) is 96.8 cm³/mol. The third-order valence-corrected chi connectivity index (χ3v) is 6.37. The van der Waals surface area contributed by atoms with Crippen molar-refractivity contribution in [3.8, 4) is 11.4 Å². The summed E-state index contributed by atoms with van der Waals surface area (Å²) in [4.78, 5) is -0.570. The highest BCUT2D eigenvalue weighted by Gasteiger charge is 2.24. The molecule has 0 fully saturated rings. The lowest BCUT2D eigenvalue weighted by Crippen LogP contribution is -2.17. The Bertz CT molecular complexity index is 1170. The van der Waals surface area contributed by atoms with Crippen LogP contribution in [0.1, 0.15) is 0 Å². The molecule has 0 aliphatic heterocycles. The number of aryl methyl sites for hydroxylation is 1. The molecule has 1 heterocycles. The van der Waals surface area contributed by atoms with Gasteiger partial charge in [0.15, 0.2) is 15.7 Å². The van der Waals surface area contributed by atoms with Crippen molar-refractivity contribution >= 4 is 25.5 Å². The van der Waals surface area contributed by atoms with Gasteiger partial charge in [0.1, 0.15) is 11.2 Å². The minimum Gasteiger partial charge on any atom is -0.317 e. The van der Waals surface area contributed by atoms with E-state index in [1.54, 1.807) is 35.9 Å². The molecule has 26 heavy (non-hydrogen) atoms. The van der Waals surface area contributed by atoms with Gasteiger partial charge in [0.2, 0.25) is 0 Å². The Morgan fingerprint density at radius 1 is 0.923 bits per heavy atom. The summed E-state index contributed by atoms with van der Waals surface area (Å²) in [5.74, 6) is 0.472. The van der Waals surface area contributed by atoms with E-state index in [4.69, 9.17) is 0 Å². The van der Waals surface area contributed by atoms with Crippen molar-refractivity contribution in [1.29, 1.82) is 0 Å². The number of anilines is 1. The molecule has 0 aliphatic carbocycles. The summed E-state index contributed by atoms with van der Waals surface area (Å²) in [6.45, 7) is 0. The molecule has 3 aromatic rings. The molecule has 0 radical (unpaired) electrons. The molecule has 10 heteroatoms. The van der Waals surface area contributed by atoms with Crippen LogP contribution in [0.25, 0.3) is 11.4 Å². The van der Waals surface area contributed by atoms with Gasteiger partial charge in [0.05, 0.1) is 10.6 Å². The van der Waals surface area contributed by atoms with Gasteiger partial charge in [0.25, 0.3) is 10.0 Å². The Morgan fingerprint density at radius 2 is 1.54 bits per heavy atom. The first-order valence-corrected chi connectivity index (χ1v) is 10.8. The molecule has 1 aromatic heterocycles. The fourth-order valence-corrected chi connectivity index (χ4v) is 5.18. The SMILES string of the molecule is Cn1cnnc1-c1ccccc1NS(=O)(=O)c1ccccc1S(C)(=O)=O. The minimum atomic E-state index is -4.14. The van der Waals surface area contributed by atoms with Crippen molar-refractivity contribution in [1.82, 2.24) is 14.8 Å². The van der Waals surface area contributed by atoms with Crippen molar-refractivity contribution in [3.05, 3.63) is 54.9 Å². The summed E-state index contributed by atoms with van der Waals surface area (Å²) in [6.07, 6.45) is 2.47. The first kappa shape index (κ1) is 18.1. The molecule has 1 N–H and O–H groups in total. The highest BCUT2D eigenvalue weighted by Crippen LogP contribution is 2.29. The van der Waals surface area contributed by atoms with Crippen molar-refractivity contribution < 1.29 is 16.8 Å². The molecule has 0 saturated carbocycles. The lowest BCUT2D eigenvalue weighted by Gasteiger charge is -2.14. The van der Waals surface area contributed by atoms with Crippen LogP contribution in [0.3, 0.4) is 0 Å². The van der Waals surface area contributed by atoms with Crippen LogP contribution in [0.4, 0.5) is 5.69 Å². The van der Waals surface area contributed by atoms with Gasteiger partial charge >= 0.3 is 0 Å². The van der Waals surface area contributed by atoms with E-state index < -0.39 is 19.9 Å². The van der Waals surface area contributed by atoms with Crippen LogP contribution in [-0.4, -0.2) is 37.9 Å². The largest absolute Gasteiger partial charge is 0.317 e. The fraction of sp³-hybridized carbons (Fsp3) is 0.125. The van der Waals surface area contributed by atoms with Crippen LogP contribution in [0, 0.1) is 0 Å². The smallest absolute Gasteiger partial charge is 0.263 e. The van der Waals surface area contributed by atoms with Crippen molar-refractivity contribution in [2.24, 2.45) is 7.05 Å². The number of para-hydroxylation sites is 1. The fourth-order valence-electron chi connectivity index (χ4n) is 2.47. The zero-order valence-electron chi connectivity index (χ0n) is 14.0. The molecule has 0 spiro atoms. The Labute approximate surface area is 151 Å². The lowest BCUT2D eigenvalue weighted by molar-refractivity contribution is 0.588. The summed E-state index contributed by atoms with van der Waals surface area (Å²) in [6, 6.07) is 12.1. The number of hydrogen-bond donors (Lipinski definition) is 1. The molecule has 0 bridgehead atoms. The van der Waals surface area contributed by atoms with E-state index in [1.165, 1.54) is 30.6 Å². The normalized spacial score (nSPS) is 12.1. The summed E-state index contributed by atoms with van der Waals surface area (Å²) in [5, 5.41) is 7.79. The Kier molecular flexibility index (Phi) is 4.55. The molecule has 136 valence electrons. The topological polar surface area (TPSA) is 111 Å². The zero-order valence-corrected chi connectivity index (χ0v) is 15.6. The molecule has 2 aromatic carbocycles. The number of rotatable bonds is 5. The predicted octanol–water partition coefficient (Wildman–Crippen LogP) is 1.69. The second-order valence-electron chi connectivity index (χ2n) is 5.64. The van der Waals surface area contributed by atoms with E-state index in [1.807, 2.05) is 0 Å². The summed E-state index contributed by atoms with van der Waals surface area (Å²) >= 11 is 0. The highest BCUT2D eigenvalue weighted by atomic mass is 32.2. The van der Waals surface area contributed by atoms with E-state index in [9.17, 15) is 16.8 Å². The Balaban J connectivity index is 2.10. The first-order valence-electron chi connectivity index (χ1n) is 7.45. The van der Waals surface area contributed by atoms with Gasteiger partial charge in [-0.2, -0.15) is 0 Å². The molecule has 0 amide bonds. The summed E-state index contributed by atoms with van der Waals surface area (Å²) < 4.78 is 53.7. The van der Waals surface area contributed by atoms with E-state index in [0.29, 0.717) is 11.4 Å². The molecule has 0 saturated heterocycles. The number of benzene rings is 2. The molecule has 8 nitrogen and oxygen atoms in total. The van der Waals surface area contributed by atoms with Gasteiger partial charge in [0, 0.05) is 18.9 Å². The third-order valence-electron chi connectivity index (χ3n) is 3.66. The second-order valence-corrected chi connectivity index (χ2v) is 9.27. The lowest BCUT2D eigenvalue weighted by atomic mass is 10.2. The van der Waals surface area contributed by atoms with E-state index >= 15 is 0 Å². The maximum absolute atomic E-state index is 12.9. The number of sulfone groups is 1. The standard InChI is InChI=1S/C16H16N4O4S2/c1-20-11-17-18-16(20)12-7-3-4-8-13(12)19-26(23,24)15-10-6-5-9-14(15)25(2,21)22/h3-11,19H,1-2H3. The number of nitrogens with one attached hydrogen (secondary N) is 1. The monoisotopic (exact) mass is 392 g/mol. The maximum Gasteiger partial charge on any atom is 0.263 e. The summed E-state index contributed by atoms with van der Waals surface area (Å²) in [7, 11) is -6.12. The van der Waals surface area contributed by atoms with Crippen molar-refractivity contribution in [2.45, 2.75) is 9.79 Å². The van der Waals surface area contributed by atoms with Gasteiger partial charge in [-0.05, 0) is 24.3 Å². The second kappa shape index (κ2) is 6.54. The number of nitrogens with zero attached hydrogens (tertiary/aromatic N) is 3. The van der Waals surface area contributed by atoms with Gasteiger partial charge in [-0.25, -0.2) is 16.8 Å². The Hall–Kier alpha value is -2.72. The number of hydrogen-bond acceptors (Lipinski definition) is 6. The number of sulfonamides is 1. The van der Waals surface area contributed by atoms with Crippen LogP contribution in [0.15, 0.2) is 64.6 Å². The van der Waals surface area contributed by atoms with Crippen LogP contribution < -0.4 is 4.72 Å². The van der Waals surface area contributed by atoms with Crippen LogP contribution in [-0.2, 0) is 26.9 Å². The summed E-state index contributed by atoms with van der Waals surface area (Å²) in [5.41, 5.74) is 0.791. The van der Waals surface area contributed by atoms with E-state index in [2.05, 4.69) is 14.9 Å². The van der Waals surface area contributed by atoms with E-state index in [0.717, 1.165) is 6.26 Å². The van der Waals surface area contributed by atoms with Gasteiger partial charge in [-0.1, -0.05) is 24.3 Å². The molecule has 0 unspecified atom stereocenters. The van der Waals surface area contributed by atoms with Gasteiger partial charge in [-0.15, -0.1) is 10.2 Å². The number of aromatic nitrogens is 3. The first-order chi connectivity index (χ1) is 12.2. The Morgan fingerprint density at radius 3 is 2.15 bits per heavy atom. The molecule has 3 rings (SSSR count). The van der Waals surface area contributed by atoms with Crippen LogP contribution in [0.2, 0.25) is 0 Å². The van der Waals surface area contributed by atoms with Crippen molar-refractivity contribution in [3.63, 3.8) is 0 Å². The van der Waals surface area contributed by atoms with Gasteiger partial charge in [-0.3, -0.25) is 4.72 Å². The third kappa shape index (κ3) is 3.46. The minimum absolute atomic E-state index is 0.261. The molecule has 0 aliphatic rings. The molecular weight excluding hydrogens is 376 g/mol. The molecular formula is C16H16N4O4S2. The highest BCUT2D eigenvalue weighted by molar-refractivity contribution is 7.95. The average molecular weight is 392 g/mol. The van der Waals surface area contributed by atoms with Gasteiger partial charge < -0.3 is 4.57 Å². The maximum atomic E-state index is 12.9.